The minimum Gasteiger partial charge on any atom is -0.486 e. The monoisotopic (exact) mass is 558 g/mol. The number of carbonyl (C=O) groups is 2. The molecule has 0 fully saturated rings. The van der Waals surface area contributed by atoms with Gasteiger partial charge in [-0.2, -0.15) is 0 Å². The molecule has 3 heterocycles. The number of likely N-dealkylation sites (N-methyl/N-ethyl adjacent to an activating group) is 1. The van der Waals surface area contributed by atoms with Crippen LogP contribution >= 0.6 is 0 Å². The summed E-state index contributed by atoms with van der Waals surface area (Å²) in [6.07, 6.45) is 4.54. The summed E-state index contributed by atoms with van der Waals surface area (Å²) in [5, 5.41) is 10.3. The van der Waals surface area contributed by atoms with Crippen molar-refractivity contribution in [3.63, 3.8) is 0 Å². The zero-order valence-electron chi connectivity index (χ0n) is 24.2. The third-order valence-corrected chi connectivity index (χ3v) is 8.15. The van der Waals surface area contributed by atoms with Crippen LogP contribution in [0.5, 0.6) is 5.75 Å². The molecule has 1 aromatic carbocycles. The van der Waals surface area contributed by atoms with Crippen LogP contribution in [0.2, 0.25) is 0 Å². The molecule has 1 aliphatic carbocycles. The van der Waals surface area contributed by atoms with Gasteiger partial charge in [0.1, 0.15) is 24.3 Å². The number of aliphatic hydroxyl groups is 1. The van der Waals surface area contributed by atoms with Gasteiger partial charge in [0, 0.05) is 31.4 Å². The maximum atomic E-state index is 13.7. The second-order valence-corrected chi connectivity index (χ2v) is 11.8. The van der Waals surface area contributed by atoms with E-state index in [0.717, 1.165) is 29.5 Å². The summed E-state index contributed by atoms with van der Waals surface area (Å²) in [5.74, 6) is 0.305. The van der Waals surface area contributed by atoms with Gasteiger partial charge in [-0.15, -0.1) is 0 Å². The van der Waals surface area contributed by atoms with Gasteiger partial charge in [0.25, 0.3) is 5.91 Å². The number of hydrogen-bond donors (Lipinski definition) is 2. The van der Waals surface area contributed by atoms with E-state index in [1.54, 1.807) is 11.9 Å². The van der Waals surface area contributed by atoms with Crippen LogP contribution in [0.3, 0.4) is 0 Å². The van der Waals surface area contributed by atoms with E-state index in [1.807, 2.05) is 25.1 Å². The van der Waals surface area contributed by atoms with Crippen LogP contribution in [0, 0.1) is 12.3 Å². The van der Waals surface area contributed by atoms with Crippen molar-refractivity contribution in [3.05, 3.63) is 71.3 Å². The lowest BCUT2D eigenvalue weighted by atomic mass is 9.90. The lowest BCUT2D eigenvalue weighted by molar-refractivity contribution is -0.125. The number of nitrogens with two attached hydrogens (primary N) is 1. The van der Waals surface area contributed by atoms with Gasteiger partial charge < -0.3 is 29.9 Å². The summed E-state index contributed by atoms with van der Waals surface area (Å²) < 4.78 is 8.06. The first-order valence-corrected chi connectivity index (χ1v) is 13.9. The van der Waals surface area contributed by atoms with Crippen molar-refractivity contribution < 1.29 is 19.4 Å². The Labute approximate surface area is 240 Å². The minimum absolute atomic E-state index is 0.0508. The quantitative estimate of drug-likeness (QED) is 0.387. The van der Waals surface area contributed by atoms with Crippen LogP contribution < -0.4 is 10.5 Å². The average molecular weight is 559 g/mol. The van der Waals surface area contributed by atoms with Crippen LogP contribution in [0.1, 0.15) is 46.7 Å². The van der Waals surface area contributed by atoms with E-state index in [0.29, 0.717) is 36.8 Å². The van der Waals surface area contributed by atoms with Gasteiger partial charge in [-0.1, -0.05) is 32.6 Å². The highest BCUT2D eigenvalue weighted by Gasteiger charge is 2.39. The molecule has 1 atom stereocenters. The number of aromatic nitrogens is 3. The second-order valence-electron chi connectivity index (χ2n) is 11.8. The molecule has 1 unspecified atom stereocenters. The van der Waals surface area contributed by atoms with Gasteiger partial charge in [-0.05, 0) is 60.1 Å². The molecule has 216 valence electrons. The second kappa shape index (κ2) is 11.0. The highest BCUT2D eigenvalue weighted by Crippen LogP contribution is 2.40. The number of hydrogen-bond acceptors (Lipinski definition) is 7. The number of ether oxygens (including phenoxy) is 1. The lowest BCUT2D eigenvalue weighted by Gasteiger charge is -2.37. The lowest BCUT2D eigenvalue weighted by Crippen LogP contribution is -2.49. The van der Waals surface area contributed by atoms with Gasteiger partial charge in [0.15, 0.2) is 11.6 Å². The largest absolute Gasteiger partial charge is 0.486 e. The highest BCUT2D eigenvalue weighted by molar-refractivity contribution is 5.94. The smallest absolute Gasteiger partial charge is 0.271 e. The van der Waals surface area contributed by atoms with E-state index in [2.05, 4.69) is 41.0 Å². The van der Waals surface area contributed by atoms with Crippen LogP contribution in [0.4, 0.5) is 5.82 Å². The van der Waals surface area contributed by atoms with E-state index >= 15 is 0 Å². The molecule has 5 rings (SSSR count). The maximum absolute atomic E-state index is 13.7. The molecule has 3 N–H and O–H groups in total. The Hall–Kier alpha value is -4.18. The van der Waals surface area contributed by atoms with E-state index in [1.165, 1.54) is 28.6 Å². The summed E-state index contributed by atoms with van der Waals surface area (Å²) in [5.41, 5.74) is 12.8. The number of benzene rings is 1. The molecular weight excluding hydrogens is 520 g/mol. The van der Waals surface area contributed by atoms with Crippen molar-refractivity contribution >= 4 is 17.6 Å². The fraction of sp³-hybridized carbons (Fsp3) is 0.419. The summed E-state index contributed by atoms with van der Waals surface area (Å²) in [7, 11) is 1.67. The molecule has 0 saturated heterocycles. The number of fused-ring (bicyclic) bond motifs is 3. The molecule has 0 spiro atoms. The number of nitrogen functional groups attached to an aromatic ring is 1. The van der Waals surface area contributed by atoms with Crippen LogP contribution in [-0.2, 0) is 30.7 Å². The van der Waals surface area contributed by atoms with E-state index in [-0.39, 0.29) is 42.3 Å². The first-order chi connectivity index (χ1) is 19.5. The number of nitrogens with zero attached hydrogens (tertiary/aromatic N) is 5. The summed E-state index contributed by atoms with van der Waals surface area (Å²) in [4.78, 5) is 37.2. The first kappa shape index (κ1) is 28.4. The fourth-order valence-electron chi connectivity index (χ4n) is 5.89. The van der Waals surface area contributed by atoms with E-state index in [4.69, 9.17) is 10.5 Å². The number of rotatable bonds is 9. The van der Waals surface area contributed by atoms with Crippen molar-refractivity contribution in [2.45, 2.75) is 52.7 Å². The Kier molecular flexibility index (Phi) is 7.61. The molecule has 0 radical (unpaired) electrons. The Morgan fingerprint density at radius 2 is 2.07 bits per heavy atom. The van der Waals surface area contributed by atoms with Crippen LogP contribution in [-0.4, -0.2) is 74.1 Å². The van der Waals surface area contributed by atoms with E-state index < -0.39 is 0 Å². The van der Waals surface area contributed by atoms with Crippen molar-refractivity contribution in [3.8, 4) is 17.0 Å². The fourth-order valence-corrected chi connectivity index (χ4v) is 5.89. The topological polar surface area (TPSA) is 127 Å². The number of amides is 2. The minimum atomic E-state index is -0.304. The maximum Gasteiger partial charge on any atom is 0.271 e. The van der Waals surface area contributed by atoms with Gasteiger partial charge in [-0.3, -0.25) is 9.59 Å². The molecule has 0 saturated carbocycles. The molecule has 0 bridgehead atoms. The Morgan fingerprint density at radius 3 is 2.78 bits per heavy atom. The summed E-state index contributed by atoms with van der Waals surface area (Å²) in [6.45, 7) is 11.4. The summed E-state index contributed by atoms with van der Waals surface area (Å²) in [6, 6.07) is 7.63. The number of carbonyl (C=O) groups excluding carboxylic acids is 2. The molecule has 2 amide bonds. The third-order valence-electron chi connectivity index (χ3n) is 8.15. The normalized spacial score (nSPS) is 17.2. The van der Waals surface area contributed by atoms with E-state index in [9.17, 15) is 14.7 Å². The Morgan fingerprint density at radius 1 is 1.29 bits per heavy atom. The van der Waals surface area contributed by atoms with Crippen molar-refractivity contribution in [2.75, 3.05) is 32.5 Å². The Bertz CT molecular complexity index is 1510. The standard InChI is InChI=1S/C31H38N6O4/c1-6-26(39)35(5)9-10-41-28-27(33-18-34-29(28)32)20-7-8-21(19(2)11-20)15-36-23(17-38)16-37-24(30(36)40)12-22-13-31(3,4)14-25(22)37/h6-8,11-12,18,23,38H,1,9-10,13-17H2,2-5H3,(H2,32,33,34). The predicted molar refractivity (Wildman–Crippen MR) is 156 cm³/mol. The van der Waals surface area contributed by atoms with Crippen molar-refractivity contribution in [1.29, 1.82) is 0 Å². The van der Waals surface area contributed by atoms with Crippen molar-refractivity contribution in [1.82, 2.24) is 24.3 Å². The number of aliphatic hydroxyl groups excluding tert-OH is 1. The number of anilines is 1. The SMILES string of the molecule is C=CC(=O)N(C)CCOc1c(N)ncnc1-c1ccc(CN2C(=O)c3cc4c(n3CC2CO)CC(C)(C)C4)c(C)c1. The predicted octanol–water partition coefficient (Wildman–Crippen LogP) is 3.00. The molecule has 2 aliphatic rings. The van der Waals surface area contributed by atoms with Gasteiger partial charge in [-0.25, -0.2) is 9.97 Å². The zero-order valence-corrected chi connectivity index (χ0v) is 24.2. The molecule has 2 aromatic heterocycles. The first-order valence-electron chi connectivity index (χ1n) is 13.9. The molecule has 10 heteroatoms. The van der Waals surface area contributed by atoms with Gasteiger partial charge >= 0.3 is 0 Å². The van der Waals surface area contributed by atoms with Crippen LogP contribution in [0.15, 0.2) is 43.2 Å². The zero-order chi connectivity index (χ0) is 29.5. The molecule has 41 heavy (non-hydrogen) atoms. The highest BCUT2D eigenvalue weighted by atomic mass is 16.5. The molecular formula is C31H38N6O4. The third kappa shape index (κ3) is 5.44. The average Bonchev–Trinajstić information content (AvgIpc) is 3.42. The van der Waals surface area contributed by atoms with Crippen LogP contribution in [0.25, 0.3) is 11.3 Å². The van der Waals surface area contributed by atoms with Gasteiger partial charge in [0.05, 0.1) is 19.2 Å². The Balaban J connectivity index is 1.35. The van der Waals surface area contributed by atoms with Crippen molar-refractivity contribution in [2.24, 2.45) is 5.41 Å². The molecule has 1 aliphatic heterocycles. The molecule has 3 aromatic rings. The van der Waals surface area contributed by atoms with Gasteiger partial charge in [0.2, 0.25) is 5.91 Å². The number of aryl methyl sites for hydroxylation is 1. The summed E-state index contributed by atoms with van der Waals surface area (Å²) >= 11 is 0. The molecule has 10 nitrogen and oxygen atoms in total.